The van der Waals surface area contributed by atoms with Gasteiger partial charge in [-0.1, -0.05) is 35.8 Å². The van der Waals surface area contributed by atoms with Crippen LogP contribution in [0.5, 0.6) is 5.75 Å². The monoisotopic (exact) mass is 429 g/mol. The molecule has 0 atom stereocenters. The number of ether oxygens (including phenoxy) is 1. The molecule has 0 fully saturated rings. The second-order valence-electron chi connectivity index (χ2n) is 5.62. The zero-order valence-corrected chi connectivity index (χ0v) is 17.4. The zero-order chi connectivity index (χ0) is 18.6. The van der Waals surface area contributed by atoms with E-state index in [1.165, 1.54) is 4.31 Å². The minimum Gasteiger partial charge on any atom is -0.492 e. The molecular formula is C17H24BrN3O3S. The summed E-state index contributed by atoms with van der Waals surface area (Å²) in [4.78, 5) is 0.304. The van der Waals surface area contributed by atoms with Crippen molar-refractivity contribution in [3.63, 3.8) is 0 Å². The van der Waals surface area contributed by atoms with Gasteiger partial charge in [0.15, 0.2) is 0 Å². The van der Waals surface area contributed by atoms with E-state index in [2.05, 4.69) is 21.0 Å². The molecular weight excluding hydrogens is 406 g/mol. The van der Waals surface area contributed by atoms with Crippen LogP contribution in [0.2, 0.25) is 0 Å². The van der Waals surface area contributed by atoms with E-state index in [0.717, 1.165) is 10.2 Å². The van der Waals surface area contributed by atoms with Crippen molar-refractivity contribution in [3.8, 4) is 5.75 Å². The lowest BCUT2D eigenvalue weighted by Gasteiger charge is -2.18. The number of hydrogen-bond donors (Lipinski definition) is 0. The van der Waals surface area contributed by atoms with Crippen LogP contribution < -0.4 is 4.74 Å². The number of aryl methyl sites for hydroxylation is 1. The van der Waals surface area contributed by atoms with Crippen LogP contribution in [0, 0.1) is 13.8 Å². The van der Waals surface area contributed by atoms with Crippen LogP contribution in [0.4, 0.5) is 0 Å². The summed E-state index contributed by atoms with van der Waals surface area (Å²) >= 11 is 3.40. The predicted octanol–water partition coefficient (Wildman–Crippen LogP) is 3.37. The molecule has 2 rings (SSSR count). The molecule has 0 radical (unpaired) electrons. The van der Waals surface area contributed by atoms with E-state index in [1.54, 1.807) is 18.5 Å². The maximum absolute atomic E-state index is 12.8. The van der Waals surface area contributed by atoms with Gasteiger partial charge < -0.3 is 4.74 Å². The second-order valence-corrected chi connectivity index (χ2v) is 8.41. The highest BCUT2D eigenvalue weighted by atomic mass is 79.9. The number of hydrogen-bond acceptors (Lipinski definition) is 4. The molecule has 25 heavy (non-hydrogen) atoms. The van der Waals surface area contributed by atoms with Crippen molar-refractivity contribution in [2.45, 2.75) is 39.1 Å². The van der Waals surface area contributed by atoms with Crippen LogP contribution >= 0.6 is 15.9 Å². The summed E-state index contributed by atoms with van der Waals surface area (Å²) in [6, 6.07) is 7.59. The van der Waals surface area contributed by atoms with E-state index >= 15 is 0 Å². The average Bonchev–Trinajstić information content (AvgIpc) is 2.83. The molecule has 1 heterocycles. The van der Waals surface area contributed by atoms with Crippen molar-refractivity contribution in [2.75, 3.05) is 19.7 Å². The number of halogens is 1. The topological polar surface area (TPSA) is 64.4 Å². The first-order valence-corrected chi connectivity index (χ1v) is 10.5. The van der Waals surface area contributed by atoms with Gasteiger partial charge in [-0.3, -0.25) is 4.68 Å². The van der Waals surface area contributed by atoms with E-state index in [-0.39, 0.29) is 0 Å². The molecule has 0 aliphatic heterocycles. The quantitative estimate of drug-likeness (QED) is 0.644. The fourth-order valence-corrected chi connectivity index (χ4v) is 4.98. The highest BCUT2D eigenvalue weighted by Gasteiger charge is 2.29. The fraction of sp³-hybridized carbons (Fsp3) is 0.471. The van der Waals surface area contributed by atoms with E-state index in [9.17, 15) is 8.42 Å². The van der Waals surface area contributed by atoms with Gasteiger partial charge in [-0.25, -0.2) is 8.42 Å². The van der Waals surface area contributed by atoms with Crippen LogP contribution in [0.1, 0.15) is 25.2 Å². The molecule has 0 saturated carbocycles. The van der Waals surface area contributed by atoms with E-state index in [1.807, 2.05) is 38.1 Å². The summed E-state index contributed by atoms with van der Waals surface area (Å²) in [6.07, 6.45) is 0. The second kappa shape index (κ2) is 8.33. The van der Waals surface area contributed by atoms with Crippen molar-refractivity contribution in [1.29, 1.82) is 0 Å². The van der Waals surface area contributed by atoms with E-state index < -0.39 is 10.0 Å². The van der Waals surface area contributed by atoms with E-state index in [4.69, 9.17) is 4.74 Å². The number of rotatable bonds is 8. The van der Waals surface area contributed by atoms with Crippen LogP contribution in [0.25, 0.3) is 0 Å². The Labute approximate surface area is 158 Å². The van der Waals surface area contributed by atoms with Gasteiger partial charge in [-0.05, 0) is 32.0 Å². The lowest BCUT2D eigenvalue weighted by Crippen LogP contribution is -2.31. The van der Waals surface area contributed by atoms with Crippen molar-refractivity contribution >= 4 is 26.0 Å². The van der Waals surface area contributed by atoms with Crippen LogP contribution in [-0.4, -0.2) is 42.2 Å². The molecule has 1 aromatic carbocycles. The Morgan fingerprint density at radius 3 is 2.52 bits per heavy atom. The molecule has 1 aromatic heterocycles. The minimum absolute atomic E-state index is 0.304. The summed E-state index contributed by atoms with van der Waals surface area (Å²) in [5, 5.41) is 4.40. The highest BCUT2D eigenvalue weighted by Crippen LogP contribution is 2.23. The first-order valence-electron chi connectivity index (χ1n) is 8.23. The molecule has 8 heteroatoms. The lowest BCUT2D eigenvalue weighted by atomic mass is 10.3. The van der Waals surface area contributed by atoms with Gasteiger partial charge in [-0.2, -0.15) is 9.40 Å². The maximum Gasteiger partial charge on any atom is 0.246 e. The Bertz CT molecular complexity index is 830. The molecule has 6 nitrogen and oxygen atoms in total. The minimum atomic E-state index is -3.52. The first-order chi connectivity index (χ1) is 11.8. The summed E-state index contributed by atoms with van der Waals surface area (Å²) < 4.78 is 35.5. The summed E-state index contributed by atoms with van der Waals surface area (Å²) in [5.41, 5.74) is 1.16. The van der Waals surface area contributed by atoms with Crippen molar-refractivity contribution < 1.29 is 13.2 Å². The molecule has 0 aliphatic rings. The largest absolute Gasteiger partial charge is 0.492 e. The van der Waals surface area contributed by atoms with Crippen LogP contribution in [0.3, 0.4) is 0 Å². The Kier molecular flexibility index (Phi) is 6.65. The standard InChI is InChI=1S/C17H24BrN3O3S/c1-5-20(6-2)25(22,23)17-13(3)19-21(14(17)4)10-11-24-16-9-7-8-15(18)12-16/h7-9,12H,5-6,10-11H2,1-4H3. The molecule has 0 N–H and O–H groups in total. The van der Waals surface area contributed by atoms with Gasteiger partial charge in [-0.15, -0.1) is 0 Å². The zero-order valence-electron chi connectivity index (χ0n) is 15.0. The number of aromatic nitrogens is 2. The molecule has 0 aliphatic carbocycles. The third-order valence-electron chi connectivity index (χ3n) is 3.99. The lowest BCUT2D eigenvalue weighted by molar-refractivity contribution is 0.289. The Morgan fingerprint density at radius 2 is 1.92 bits per heavy atom. The molecule has 0 spiro atoms. The predicted molar refractivity (Wildman–Crippen MR) is 101 cm³/mol. The third kappa shape index (κ3) is 4.43. The smallest absolute Gasteiger partial charge is 0.246 e. The molecule has 0 saturated heterocycles. The normalized spacial score (nSPS) is 11.9. The maximum atomic E-state index is 12.8. The Balaban J connectivity index is 2.16. The Hall–Kier alpha value is -1.38. The first kappa shape index (κ1) is 19.9. The van der Waals surface area contributed by atoms with E-state index in [0.29, 0.717) is 42.5 Å². The van der Waals surface area contributed by atoms with Gasteiger partial charge in [0.2, 0.25) is 10.0 Å². The number of benzene rings is 1. The SMILES string of the molecule is CCN(CC)S(=O)(=O)c1c(C)nn(CCOc2cccc(Br)c2)c1C. The van der Waals surface area contributed by atoms with Gasteiger partial charge in [0.25, 0.3) is 0 Å². The van der Waals surface area contributed by atoms with Gasteiger partial charge in [0.05, 0.1) is 17.9 Å². The molecule has 2 aromatic rings. The van der Waals surface area contributed by atoms with Crippen LogP contribution in [0.15, 0.2) is 33.6 Å². The third-order valence-corrected chi connectivity index (χ3v) is 6.78. The summed E-state index contributed by atoms with van der Waals surface area (Å²) in [7, 11) is -3.52. The molecule has 0 bridgehead atoms. The van der Waals surface area contributed by atoms with Crippen molar-refractivity contribution in [2.24, 2.45) is 0 Å². The van der Waals surface area contributed by atoms with Gasteiger partial charge in [0, 0.05) is 17.6 Å². The van der Waals surface area contributed by atoms with Gasteiger partial charge >= 0.3 is 0 Å². The van der Waals surface area contributed by atoms with Gasteiger partial charge in [0.1, 0.15) is 17.3 Å². The molecule has 138 valence electrons. The molecule has 0 unspecified atom stereocenters. The highest BCUT2D eigenvalue weighted by molar-refractivity contribution is 9.10. The molecule has 0 amide bonds. The summed E-state index contributed by atoms with van der Waals surface area (Å²) in [6.45, 7) is 8.95. The summed E-state index contributed by atoms with van der Waals surface area (Å²) in [5.74, 6) is 0.756. The van der Waals surface area contributed by atoms with Crippen molar-refractivity contribution in [1.82, 2.24) is 14.1 Å². The fourth-order valence-electron chi connectivity index (χ4n) is 2.77. The Morgan fingerprint density at radius 1 is 1.24 bits per heavy atom. The number of nitrogens with zero attached hydrogens (tertiary/aromatic N) is 3. The van der Waals surface area contributed by atoms with Crippen molar-refractivity contribution in [3.05, 3.63) is 40.1 Å². The van der Waals surface area contributed by atoms with Crippen LogP contribution in [-0.2, 0) is 16.6 Å². The number of sulfonamides is 1. The average molecular weight is 430 g/mol.